The number of thiophene rings is 1. The molecule has 6 heteroatoms. The zero-order chi connectivity index (χ0) is 19.8. The highest BCUT2D eigenvalue weighted by atomic mass is 32.1. The van der Waals surface area contributed by atoms with E-state index in [0.717, 1.165) is 38.5 Å². The fourth-order valence-electron chi connectivity index (χ4n) is 3.63. The minimum absolute atomic E-state index is 0.132. The van der Waals surface area contributed by atoms with Crippen LogP contribution in [-0.4, -0.2) is 32.3 Å². The van der Waals surface area contributed by atoms with Crippen molar-refractivity contribution in [1.29, 1.82) is 0 Å². The van der Waals surface area contributed by atoms with Crippen LogP contribution in [0.15, 0.2) is 35.7 Å². The van der Waals surface area contributed by atoms with E-state index in [-0.39, 0.29) is 18.1 Å². The van der Waals surface area contributed by atoms with E-state index in [4.69, 9.17) is 14.2 Å². The molecule has 0 saturated heterocycles. The molecule has 1 saturated carbocycles. The number of para-hydroxylation sites is 1. The molecule has 2 aromatic rings. The van der Waals surface area contributed by atoms with Gasteiger partial charge < -0.3 is 19.5 Å². The number of nitrogens with one attached hydrogen (secondary N) is 1. The fraction of sp³-hybridized carbons (Fsp3) is 0.500. The molecule has 3 rings (SSSR count). The maximum Gasteiger partial charge on any atom is 0.220 e. The van der Waals surface area contributed by atoms with Gasteiger partial charge in [-0.2, -0.15) is 0 Å². The summed E-state index contributed by atoms with van der Waals surface area (Å²) in [6, 6.07) is 10.1. The summed E-state index contributed by atoms with van der Waals surface area (Å²) in [5.74, 6) is 2.17. The molecule has 0 bridgehead atoms. The number of hydrogen-bond donors (Lipinski definition) is 1. The lowest BCUT2D eigenvalue weighted by atomic mass is 9.92. The first-order chi connectivity index (χ1) is 13.7. The van der Waals surface area contributed by atoms with Crippen molar-refractivity contribution < 1.29 is 19.0 Å². The zero-order valence-electron chi connectivity index (χ0n) is 16.6. The van der Waals surface area contributed by atoms with E-state index < -0.39 is 0 Å². The number of carbonyl (C=O) groups excluding carboxylic acids is 1. The maximum atomic E-state index is 12.2. The number of benzene rings is 1. The van der Waals surface area contributed by atoms with Crippen molar-refractivity contribution in [1.82, 2.24) is 5.32 Å². The summed E-state index contributed by atoms with van der Waals surface area (Å²) in [4.78, 5) is 13.5. The van der Waals surface area contributed by atoms with Gasteiger partial charge in [0.1, 0.15) is 0 Å². The van der Waals surface area contributed by atoms with Crippen molar-refractivity contribution in [3.63, 3.8) is 0 Å². The Morgan fingerprint density at radius 2 is 1.86 bits per heavy atom. The fourth-order valence-corrected chi connectivity index (χ4v) is 4.38. The third-order valence-corrected chi connectivity index (χ3v) is 6.04. The van der Waals surface area contributed by atoms with Crippen LogP contribution in [0.4, 0.5) is 0 Å². The van der Waals surface area contributed by atoms with Crippen molar-refractivity contribution in [2.24, 2.45) is 0 Å². The molecule has 1 aromatic heterocycles. The van der Waals surface area contributed by atoms with Crippen LogP contribution in [0.3, 0.4) is 0 Å². The number of hydrogen-bond acceptors (Lipinski definition) is 5. The summed E-state index contributed by atoms with van der Waals surface area (Å²) >= 11 is 1.75. The first-order valence-corrected chi connectivity index (χ1v) is 10.8. The van der Waals surface area contributed by atoms with Crippen LogP contribution in [0.25, 0.3) is 0 Å². The van der Waals surface area contributed by atoms with Crippen LogP contribution in [-0.2, 0) is 11.2 Å². The number of aryl methyl sites for hydroxylation is 1. The molecule has 0 unspecified atom stereocenters. The molecular weight excluding hydrogens is 374 g/mol. The van der Waals surface area contributed by atoms with Crippen LogP contribution >= 0.6 is 11.3 Å². The van der Waals surface area contributed by atoms with Gasteiger partial charge in [0, 0.05) is 17.3 Å². The third kappa shape index (κ3) is 5.64. The zero-order valence-corrected chi connectivity index (χ0v) is 17.4. The molecule has 152 valence electrons. The van der Waals surface area contributed by atoms with Crippen LogP contribution in [0, 0.1) is 0 Å². The van der Waals surface area contributed by atoms with Gasteiger partial charge in [-0.1, -0.05) is 12.1 Å². The van der Waals surface area contributed by atoms with E-state index in [9.17, 15) is 4.79 Å². The lowest BCUT2D eigenvalue weighted by molar-refractivity contribution is -0.122. The van der Waals surface area contributed by atoms with Crippen molar-refractivity contribution in [3.8, 4) is 17.2 Å². The summed E-state index contributed by atoms with van der Waals surface area (Å²) in [6.07, 6.45) is 6.32. The van der Waals surface area contributed by atoms with Gasteiger partial charge in [-0.15, -0.1) is 11.3 Å². The Balaban J connectivity index is 1.40. The predicted octanol–water partition coefficient (Wildman–Crippen LogP) is 4.59. The highest BCUT2D eigenvalue weighted by Gasteiger charge is 2.25. The molecule has 1 N–H and O–H groups in total. The standard InChI is InChI=1S/C22H29NO4S/c1-25-19-8-4-9-20(22(19)26-2)27-17-13-11-16(12-14-17)23-21(24)10-3-6-18-7-5-15-28-18/h4-5,7-9,15-17H,3,6,10-14H2,1-2H3,(H,23,24). The average molecular weight is 404 g/mol. The molecule has 28 heavy (non-hydrogen) atoms. The van der Waals surface area contributed by atoms with Gasteiger partial charge in [0.05, 0.1) is 20.3 Å². The lowest BCUT2D eigenvalue weighted by Gasteiger charge is -2.30. The number of amides is 1. The lowest BCUT2D eigenvalue weighted by Crippen LogP contribution is -2.39. The Kier molecular flexibility index (Phi) is 7.60. The number of rotatable bonds is 9. The van der Waals surface area contributed by atoms with Crippen molar-refractivity contribution >= 4 is 17.2 Å². The van der Waals surface area contributed by atoms with Gasteiger partial charge in [-0.3, -0.25) is 4.79 Å². The first kappa shape index (κ1) is 20.5. The SMILES string of the molecule is COc1cccc(OC2CCC(NC(=O)CCCc3cccs3)CC2)c1OC. The molecule has 0 spiro atoms. The van der Waals surface area contributed by atoms with E-state index in [2.05, 4.69) is 22.8 Å². The van der Waals surface area contributed by atoms with Gasteiger partial charge in [-0.25, -0.2) is 0 Å². The molecular formula is C22H29NO4S. The molecule has 1 aromatic carbocycles. The highest BCUT2D eigenvalue weighted by Crippen LogP contribution is 2.38. The van der Waals surface area contributed by atoms with Crippen LogP contribution in [0.2, 0.25) is 0 Å². The Hall–Kier alpha value is -2.21. The average Bonchev–Trinajstić information content (AvgIpc) is 3.22. The second kappa shape index (κ2) is 10.4. The molecule has 1 fully saturated rings. The summed E-state index contributed by atoms with van der Waals surface area (Å²) < 4.78 is 16.9. The second-order valence-corrected chi connectivity index (χ2v) is 8.12. The molecule has 0 radical (unpaired) electrons. The van der Waals surface area contributed by atoms with Crippen LogP contribution < -0.4 is 19.5 Å². The predicted molar refractivity (Wildman–Crippen MR) is 112 cm³/mol. The molecule has 5 nitrogen and oxygen atoms in total. The Bertz CT molecular complexity index is 739. The van der Waals surface area contributed by atoms with E-state index in [1.165, 1.54) is 4.88 Å². The van der Waals surface area contributed by atoms with E-state index in [1.807, 2.05) is 18.2 Å². The molecule has 1 aliphatic carbocycles. The number of methoxy groups -OCH3 is 2. The van der Waals surface area contributed by atoms with Gasteiger partial charge >= 0.3 is 0 Å². The monoisotopic (exact) mass is 403 g/mol. The minimum atomic E-state index is 0.132. The largest absolute Gasteiger partial charge is 0.493 e. The summed E-state index contributed by atoms with van der Waals surface area (Å²) in [6.45, 7) is 0. The van der Waals surface area contributed by atoms with Gasteiger partial charge in [0.2, 0.25) is 11.7 Å². The first-order valence-electron chi connectivity index (χ1n) is 9.89. The van der Waals surface area contributed by atoms with Crippen molar-refractivity contribution in [2.75, 3.05) is 14.2 Å². The molecule has 1 amide bonds. The van der Waals surface area contributed by atoms with Crippen LogP contribution in [0.5, 0.6) is 17.2 Å². The Morgan fingerprint density at radius 1 is 1.07 bits per heavy atom. The Labute approximate surface area is 171 Å². The van der Waals surface area contributed by atoms with Gasteiger partial charge in [0.15, 0.2) is 11.5 Å². The second-order valence-electron chi connectivity index (χ2n) is 7.08. The maximum absolute atomic E-state index is 12.2. The topological polar surface area (TPSA) is 56.8 Å². The number of ether oxygens (including phenoxy) is 3. The van der Waals surface area contributed by atoms with Gasteiger partial charge in [-0.05, 0) is 62.1 Å². The normalized spacial score (nSPS) is 19.1. The Morgan fingerprint density at radius 3 is 2.54 bits per heavy atom. The van der Waals surface area contributed by atoms with Crippen molar-refractivity contribution in [2.45, 2.75) is 57.1 Å². The quantitative estimate of drug-likeness (QED) is 0.665. The highest BCUT2D eigenvalue weighted by molar-refractivity contribution is 7.09. The van der Waals surface area contributed by atoms with Crippen LogP contribution in [0.1, 0.15) is 43.4 Å². The van der Waals surface area contributed by atoms with Crippen molar-refractivity contribution in [3.05, 3.63) is 40.6 Å². The van der Waals surface area contributed by atoms with Gasteiger partial charge in [0.25, 0.3) is 0 Å². The molecule has 0 atom stereocenters. The van der Waals surface area contributed by atoms with E-state index in [1.54, 1.807) is 25.6 Å². The molecule has 1 heterocycles. The third-order valence-electron chi connectivity index (χ3n) is 5.11. The number of carbonyl (C=O) groups is 1. The molecule has 1 aliphatic rings. The van der Waals surface area contributed by atoms with E-state index in [0.29, 0.717) is 23.7 Å². The summed E-state index contributed by atoms with van der Waals surface area (Å²) in [5, 5.41) is 5.27. The smallest absolute Gasteiger partial charge is 0.220 e. The molecule has 0 aliphatic heterocycles. The summed E-state index contributed by atoms with van der Waals surface area (Å²) in [7, 11) is 3.24. The minimum Gasteiger partial charge on any atom is -0.493 e. The summed E-state index contributed by atoms with van der Waals surface area (Å²) in [5.41, 5.74) is 0. The van der Waals surface area contributed by atoms with E-state index >= 15 is 0 Å².